The van der Waals surface area contributed by atoms with Crippen LogP contribution in [0.15, 0.2) is 6.07 Å². The van der Waals surface area contributed by atoms with Gasteiger partial charge in [0.05, 0.1) is 5.69 Å². The van der Waals surface area contributed by atoms with Gasteiger partial charge in [-0.1, -0.05) is 29.6 Å². The number of hydrogen-bond acceptors (Lipinski definition) is 4. The second-order valence-electron chi connectivity index (χ2n) is 4.78. The van der Waals surface area contributed by atoms with Crippen LogP contribution in [0, 0.1) is 0 Å². The Morgan fingerprint density at radius 2 is 2.00 bits per heavy atom. The molecule has 1 aromatic heterocycles. The molecule has 0 saturated carbocycles. The van der Waals surface area contributed by atoms with E-state index in [2.05, 4.69) is 27.3 Å². The number of anilines is 1. The summed E-state index contributed by atoms with van der Waals surface area (Å²) in [7, 11) is 0. The molecule has 4 nitrogen and oxygen atoms in total. The molecule has 0 amide bonds. The van der Waals surface area contributed by atoms with Crippen LogP contribution in [-0.4, -0.2) is 40.8 Å². The molecule has 1 aliphatic heterocycles. The molecule has 0 bridgehead atoms. The van der Waals surface area contributed by atoms with Crippen LogP contribution < -0.4 is 5.32 Å². The second kappa shape index (κ2) is 6.55. The lowest BCUT2D eigenvalue weighted by molar-refractivity contribution is 0.223. The van der Waals surface area contributed by atoms with E-state index in [0.29, 0.717) is 16.3 Å². The molecule has 1 atom stereocenters. The van der Waals surface area contributed by atoms with Gasteiger partial charge in [0, 0.05) is 18.7 Å². The van der Waals surface area contributed by atoms with E-state index < -0.39 is 0 Å². The van der Waals surface area contributed by atoms with Crippen molar-refractivity contribution in [2.75, 3.05) is 25.0 Å². The summed E-state index contributed by atoms with van der Waals surface area (Å²) in [5.74, 6) is 0. The molecule has 1 aliphatic rings. The molecule has 100 valence electrons. The lowest BCUT2D eigenvalue weighted by atomic mass is 10.1. The Bertz CT molecular complexity index is 394. The minimum atomic E-state index is 0.306. The Hall–Kier alpha value is -0.580. The standard InChI is InChI=1S/C12H18Cl2N4/c1-9(8-18-5-3-2-4-6-18)15-10-7-11(13)16-17-12(10)14/h7,9H,2-6,8H2,1H3,(H,15,16). The number of nitrogens with one attached hydrogen (secondary N) is 1. The van der Waals surface area contributed by atoms with Crippen molar-refractivity contribution in [3.8, 4) is 0 Å². The predicted molar refractivity (Wildman–Crippen MR) is 75.4 cm³/mol. The third-order valence-electron chi connectivity index (χ3n) is 3.10. The molecule has 6 heteroatoms. The summed E-state index contributed by atoms with van der Waals surface area (Å²) in [5, 5.41) is 11.5. The van der Waals surface area contributed by atoms with Crippen LogP contribution in [0.25, 0.3) is 0 Å². The maximum absolute atomic E-state index is 5.97. The zero-order valence-electron chi connectivity index (χ0n) is 10.5. The van der Waals surface area contributed by atoms with E-state index in [4.69, 9.17) is 23.2 Å². The third kappa shape index (κ3) is 3.97. The fraction of sp³-hybridized carbons (Fsp3) is 0.667. The van der Waals surface area contributed by atoms with Crippen molar-refractivity contribution in [3.63, 3.8) is 0 Å². The fourth-order valence-electron chi connectivity index (χ4n) is 2.29. The van der Waals surface area contributed by atoms with E-state index in [1.807, 2.05) is 0 Å². The zero-order valence-corrected chi connectivity index (χ0v) is 12.0. The molecule has 18 heavy (non-hydrogen) atoms. The summed E-state index contributed by atoms with van der Waals surface area (Å²) in [6, 6.07) is 2.02. The van der Waals surface area contributed by atoms with Gasteiger partial charge in [-0.25, -0.2) is 0 Å². The largest absolute Gasteiger partial charge is 0.379 e. The van der Waals surface area contributed by atoms with Crippen molar-refractivity contribution < 1.29 is 0 Å². The number of piperidine rings is 1. The highest BCUT2D eigenvalue weighted by Gasteiger charge is 2.14. The van der Waals surface area contributed by atoms with Gasteiger partial charge in [0.15, 0.2) is 10.3 Å². The SMILES string of the molecule is CC(CN1CCCCC1)Nc1cc(Cl)nnc1Cl. The van der Waals surface area contributed by atoms with Crippen LogP contribution in [0.3, 0.4) is 0 Å². The normalized spacial score (nSPS) is 18.6. The van der Waals surface area contributed by atoms with Crippen molar-refractivity contribution in [1.82, 2.24) is 15.1 Å². The number of halogens is 2. The summed E-state index contributed by atoms with van der Waals surface area (Å²) in [6.07, 6.45) is 3.96. The molecule has 1 unspecified atom stereocenters. The van der Waals surface area contributed by atoms with Gasteiger partial charge >= 0.3 is 0 Å². The number of likely N-dealkylation sites (tertiary alicyclic amines) is 1. The first-order valence-electron chi connectivity index (χ1n) is 6.33. The monoisotopic (exact) mass is 288 g/mol. The van der Waals surface area contributed by atoms with Gasteiger partial charge in [-0.2, -0.15) is 0 Å². The first kappa shape index (κ1) is 13.8. The van der Waals surface area contributed by atoms with E-state index in [-0.39, 0.29) is 0 Å². The summed E-state index contributed by atoms with van der Waals surface area (Å²) in [5.41, 5.74) is 0.751. The van der Waals surface area contributed by atoms with Gasteiger partial charge in [0.2, 0.25) is 0 Å². The molecule has 2 heterocycles. The Morgan fingerprint density at radius 3 is 2.72 bits per heavy atom. The summed E-state index contributed by atoms with van der Waals surface area (Å²) in [4.78, 5) is 2.48. The van der Waals surface area contributed by atoms with Gasteiger partial charge in [0.25, 0.3) is 0 Å². The third-order valence-corrected chi connectivity index (χ3v) is 3.57. The van der Waals surface area contributed by atoms with Crippen LogP contribution in [0.4, 0.5) is 5.69 Å². The van der Waals surface area contributed by atoms with Gasteiger partial charge in [0.1, 0.15) is 0 Å². The van der Waals surface area contributed by atoms with Crippen LogP contribution >= 0.6 is 23.2 Å². The van der Waals surface area contributed by atoms with E-state index in [1.54, 1.807) is 6.07 Å². The average Bonchev–Trinajstić information content (AvgIpc) is 2.35. The molecule has 0 aromatic carbocycles. The topological polar surface area (TPSA) is 41.0 Å². The van der Waals surface area contributed by atoms with Crippen LogP contribution in [-0.2, 0) is 0 Å². The minimum Gasteiger partial charge on any atom is -0.379 e. The van der Waals surface area contributed by atoms with Crippen molar-refractivity contribution in [2.24, 2.45) is 0 Å². The molecule has 0 aliphatic carbocycles. The fourth-order valence-corrected chi connectivity index (χ4v) is 2.59. The molecule has 2 rings (SSSR count). The van der Waals surface area contributed by atoms with E-state index in [1.165, 1.54) is 32.4 Å². The maximum Gasteiger partial charge on any atom is 0.174 e. The van der Waals surface area contributed by atoms with Crippen LogP contribution in [0.2, 0.25) is 10.3 Å². The van der Waals surface area contributed by atoms with Crippen LogP contribution in [0.1, 0.15) is 26.2 Å². The van der Waals surface area contributed by atoms with Gasteiger partial charge < -0.3 is 10.2 Å². The Labute approximate surface area is 118 Å². The Kier molecular flexibility index (Phi) is 5.03. The molecule has 1 saturated heterocycles. The highest BCUT2D eigenvalue weighted by Crippen LogP contribution is 2.22. The number of nitrogens with zero attached hydrogens (tertiary/aromatic N) is 3. The van der Waals surface area contributed by atoms with Crippen LogP contribution in [0.5, 0.6) is 0 Å². The molecular formula is C12H18Cl2N4. The number of aromatic nitrogens is 2. The van der Waals surface area contributed by atoms with Crippen molar-refractivity contribution in [2.45, 2.75) is 32.2 Å². The summed E-state index contributed by atoms with van der Waals surface area (Å²) < 4.78 is 0. The lowest BCUT2D eigenvalue weighted by Gasteiger charge is -2.29. The van der Waals surface area contributed by atoms with E-state index >= 15 is 0 Å². The van der Waals surface area contributed by atoms with Gasteiger partial charge in [-0.15, -0.1) is 10.2 Å². The smallest absolute Gasteiger partial charge is 0.174 e. The minimum absolute atomic E-state index is 0.306. The first-order valence-corrected chi connectivity index (χ1v) is 7.08. The quantitative estimate of drug-likeness (QED) is 0.925. The van der Waals surface area contributed by atoms with E-state index in [0.717, 1.165) is 12.2 Å². The molecule has 1 fully saturated rings. The van der Waals surface area contributed by atoms with Gasteiger partial charge in [-0.05, 0) is 32.9 Å². The molecule has 1 N–H and O–H groups in total. The maximum atomic E-state index is 5.97. The Balaban J connectivity index is 1.89. The van der Waals surface area contributed by atoms with Crippen molar-refractivity contribution >= 4 is 28.9 Å². The molecule has 0 radical (unpaired) electrons. The van der Waals surface area contributed by atoms with Crippen molar-refractivity contribution in [3.05, 3.63) is 16.4 Å². The van der Waals surface area contributed by atoms with E-state index in [9.17, 15) is 0 Å². The Morgan fingerprint density at radius 1 is 1.28 bits per heavy atom. The second-order valence-corrected chi connectivity index (χ2v) is 5.52. The predicted octanol–water partition coefficient (Wildman–Crippen LogP) is 3.07. The highest BCUT2D eigenvalue weighted by molar-refractivity contribution is 6.33. The van der Waals surface area contributed by atoms with Crippen molar-refractivity contribution in [1.29, 1.82) is 0 Å². The number of rotatable bonds is 4. The lowest BCUT2D eigenvalue weighted by Crippen LogP contribution is -2.38. The molecule has 1 aromatic rings. The summed E-state index contributed by atoms with van der Waals surface area (Å²) in [6.45, 7) is 5.53. The first-order chi connectivity index (χ1) is 8.65. The molecular weight excluding hydrogens is 271 g/mol. The highest BCUT2D eigenvalue weighted by atomic mass is 35.5. The average molecular weight is 289 g/mol. The molecule has 0 spiro atoms. The number of hydrogen-bond donors (Lipinski definition) is 1. The zero-order chi connectivity index (χ0) is 13.0. The van der Waals surface area contributed by atoms with Gasteiger partial charge in [-0.3, -0.25) is 0 Å². The summed E-state index contributed by atoms with van der Waals surface area (Å²) >= 11 is 11.8.